The van der Waals surface area contributed by atoms with E-state index < -0.39 is 0 Å². The molecule has 0 aliphatic carbocycles. The van der Waals surface area contributed by atoms with Crippen LogP contribution in [0.5, 0.6) is 0 Å². The van der Waals surface area contributed by atoms with Gasteiger partial charge in [0, 0.05) is 10.8 Å². The molecule has 112 valence electrons. The SMILES string of the molecule is c1cc2cc3cc4c(ccc5cscc54)cc3cc2c2cscc12. The van der Waals surface area contributed by atoms with E-state index in [1.165, 1.54) is 53.9 Å². The summed E-state index contributed by atoms with van der Waals surface area (Å²) in [4.78, 5) is 0. The van der Waals surface area contributed by atoms with Crippen LogP contribution in [-0.2, 0) is 0 Å². The molecule has 0 nitrogen and oxygen atoms in total. The Bertz CT molecular complexity index is 1290. The molecule has 0 aliphatic rings. The average molecular weight is 340 g/mol. The molecule has 0 aliphatic heterocycles. The lowest BCUT2D eigenvalue weighted by Gasteiger charge is -2.07. The van der Waals surface area contributed by atoms with E-state index in [0.29, 0.717) is 0 Å². The molecular formula is C22H12S2. The van der Waals surface area contributed by atoms with Crippen molar-refractivity contribution >= 4 is 76.5 Å². The van der Waals surface area contributed by atoms with Crippen LogP contribution in [0.1, 0.15) is 0 Å². The van der Waals surface area contributed by atoms with Gasteiger partial charge in [0.15, 0.2) is 0 Å². The molecule has 0 saturated heterocycles. The first-order chi connectivity index (χ1) is 11.9. The smallest absolute Gasteiger partial charge is 0.000205 e. The molecule has 0 unspecified atom stereocenters. The van der Waals surface area contributed by atoms with E-state index in [9.17, 15) is 0 Å². The Morgan fingerprint density at radius 1 is 0.375 bits per heavy atom. The molecular weight excluding hydrogens is 328 g/mol. The van der Waals surface area contributed by atoms with Crippen molar-refractivity contribution in [3.05, 3.63) is 70.1 Å². The largest absolute Gasteiger partial charge is 0.151 e. The summed E-state index contributed by atoms with van der Waals surface area (Å²) in [5, 5.41) is 22.4. The monoisotopic (exact) mass is 340 g/mol. The van der Waals surface area contributed by atoms with Crippen LogP contribution in [-0.4, -0.2) is 0 Å². The van der Waals surface area contributed by atoms with Gasteiger partial charge in [-0.05, 0) is 88.9 Å². The second-order valence-corrected chi connectivity index (χ2v) is 7.86. The van der Waals surface area contributed by atoms with E-state index in [1.807, 2.05) is 0 Å². The summed E-state index contributed by atoms with van der Waals surface area (Å²) >= 11 is 3.56. The molecule has 2 heterocycles. The van der Waals surface area contributed by atoms with Crippen LogP contribution >= 0.6 is 22.7 Å². The van der Waals surface area contributed by atoms with Gasteiger partial charge in [-0.15, -0.1) is 0 Å². The first kappa shape index (κ1) is 12.9. The van der Waals surface area contributed by atoms with E-state index in [1.54, 1.807) is 22.7 Å². The molecule has 0 bridgehead atoms. The summed E-state index contributed by atoms with van der Waals surface area (Å²) < 4.78 is 0. The Balaban J connectivity index is 1.82. The highest BCUT2D eigenvalue weighted by atomic mass is 32.1. The van der Waals surface area contributed by atoms with Crippen molar-refractivity contribution in [1.82, 2.24) is 0 Å². The first-order valence-corrected chi connectivity index (χ1v) is 9.86. The zero-order valence-electron chi connectivity index (χ0n) is 12.7. The van der Waals surface area contributed by atoms with Gasteiger partial charge in [-0.1, -0.05) is 24.3 Å². The molecule has 0 saturated carbocycles. The Kier molecular flexibility index (Phi) is 2.46. The van der Waals surface area contributed by atoms with Crippen molar-refractivity contribution in [2.24, 2.45) is 0 Å². The number of hydrogen-bond acceptors (Lipinski definition) is 2. The molecule has 0 spiro atoms. The fraction of sp³-hybridized carbons (Fsp3) is 0. The number of hydrogen-bond donors (Lipinski definition) is 0. The van der Waals surface area contributed by atoms with Crippen LogP contribution in [0.2, 0.25) is 0 Å². The fourth-order valence-corrected chi connectivity index (χ4v) is 5.43. The molecule has 0 atom stereocenters. The van der Waals surface area contributed by atoms with Crippen molar-refractivity contribution in [2.75, 3.05) is 0 Å². The van der Waals surface area contributed by atoms with Gasteiger partial charge >= 0.3 is 0 Å². The van der Waals surface area contributed by atoms with Crippen molar-refractivity contribution in [2.45, 2.75) is 0 Å². The molecule has 6 rings (SSSR count). The van der Waals surface area contributed by atoms with Gasteiger partial charge in [-0.2, -0.15) is 22.7 Å². The Morgan fingerprint density at radius 3 is 1.33 bits per heavy atom. The third-order valence-corrected chi connectivity index (χ3v) is 6.55. The van der Waals surface area contributed by atoms with Crippen LogP contribution < -0.4 is 0 Å². The lowest BCUT2D eigenvalue weighted by atomic mass is 9.96. The number of rotatable bonds is 0. The predicted octanol–water partition coefficient (Wildman–Crippen LogP) is 7.58. The van der Waals surface area contributed by atoms with Crippen LogP contribution in [0, 0.1) is 0 Å². The maximum atomic E-state index is 2.36. The summed E-state index contributed by atoms with van der Waals surface area (Å²) in [6.45, 7) is 0. The third kappa shape index (κ3) is 1.67. The molecule has 6 aromatic rings. The normalized spacial score (nSPS) is 12.2. The molecule has 4 aromatic carbocycles. The lowest BCUT2D eigenvalue weighted by molar-refractivity contribution is 1.86. The molecule has 0 radical (unpaired) electrons. The van der Waals surface area contributed by atoms with Crippen molar-refractivity contribution in [1.29, 1.82) is 0 Å². The molecule has 0 N–H and O–H groups in total. The molecule has 24 heavy (non-hydrogen) atoms. The maximum absolute atomic E-state index is 2.36. The van der Waals surface area contributed by atoms with E-state index in [2.05, 4.69) is 70.1 Å². The minimum absolute atomic E-state index is 1.32. The van der Waals surface area contributed by atoms with Crippen molar-refractivity contribution < 1.29 is 0 Å². The number of thiophene rings is 2. The van der Waals surface area contributed by atoms with Gasteiger partial charge < -0.3 is 0 Å². The highest BCUT2D eigenvalue weighted by molar-refractivity contribution is 7.09. The zero-order chi connectivity index (χ0) is 15.7. The zero-order valence-corrected chi connectivity index (χ0v) is 14.4. The molecule has 2 aromatic heterocycles. The minimum atomic E-state index is 1.32. The van der Waals surface area contributed by atoms with Crippen LogP contribution in [0.15, 0.2) is 70.1 Å². The van der Waals surface area contributed by atoms with E-state index in [-0.39, 0.29) is 0 Å². The third-order valence-electron chi connectivity index (χ3n) is 5.03. The summed E-state index contributed by atoms with van der Waals surface area (Å²) in [6, 6.07) is 18.4. The van der Waals surface area contributed by atoms with E-state index in [4.69, 9.17) is 0 Å². The highest BCUT2D eigenvalue weighted by Gasteiger charge is 2.07. The fourth-order valence-electron chi connectivity index (χ4n) is 3.80. The van der Waals surface area contributed by atoms with E-state index >= 15 is 0 Å². The van der Waals surface area contributed by atoms with Gasteiger partial charge in [-0.3, -0.25) is 0 Å². The van der Waals surface area contributed by atoms with Crippen LogP contribution in [0.4, 0.5) is 0 Å². The quantitative estimate of drug-likeness (QED) is 0.250. The van der Waals surface area contributed by atoms with Gasteiger partial charge in [0.25, 0.3) is 0 Å². The van der Waals surface area contributed by atoms with Gasteiger partial charge in [0.2, 0.25) is 0 Å². The van der Waals surface area contributed by atoms with Gasteiger partial charge in [0.1, 0.15) is 0 Å². The van der Waals surface area contributed by atoms with Crippen LogP contribution in [0.25, 0.3) is 53.9 Å². The van der Waals surface area contributed by atoms with Crippen molar-refractivity contribution in [3.63, 3.8) is 0 Å². The van der Waals surface area contributed by atoms with Crippen LogP contribution in [0.3, 0.4) is 0 Å². The second-order valence-electron chi connectivity index (χ2n) is 6.37. The standard InChI is InChI=1S/C22H12S2/c1-3-15-9-23-11-21(15)19-7-18-6-14-2-4-16-10-24-12-22(16)20(14)8-17(18)5-13(1)19/h1-12H. The average Bonchev–Trinajstić information content (AvgIpc) is 3.27. The summed E-state index contributed by atoms with van der Waals surface area (Å²) in [6.07, 6.45) is 0. The predicted molar refractivity (Wildman–Crippen MR) is 110 cm³/mol. The topological polar surface area (TPSA) is 0 Å². The molecule has 0 fully saturated rings. The lowest BCUT2D eigenvalue weighted by Crippen LogP contribution is -1.80. The maximum Gasteiger partial charge on any atom is 0.000205 e. The second kappa shape index (κ2) is 4.56. The summed E-state index contributed by atoms with van der Waals surface area (Å²) in [5.41, 5.74) is 0. The summed E-state index contributed by atoms with van der Waals surface area (Å²) in [5.74, 6) is 0. The van der Waals surface area contributed by atoms with E-state index in [0.717, 1.165) is 0 Å². The van der Waals surface area contributed by atoms with Gasteiger partial charge in [-0.25, -0.2) is 0 Å². The van der Waals surface area contributed by atoms with Gasteiger partial charge in [0.05, 0.1) is 0 Å². The molecule has 0 amide bonds. The Hall–Kier alpha value is -2.42. The first-order valence-electron chi connectivity index (χ1n) is 7.98. The summed E-state index contributed by atoms with van der Waals surface area (Å²) in [7, 11) is 0. The minimum Gasteiger partial charge on any atom is -0.151 e. The Labute approximate surface area is 146 Å². The molecule has 2 heteroatoms. The van der Waals surface area contributed by atoms with Crippen molar-refractivity contribution in [3.8, 4) is 0 Å². The number of benzene rings is 4. The Morgan fingerprint density at radius 2 is 0.833 bits per heavy atom. The number of fused-ring (bicyclic) bond motifs is 7. The highest BCUT2D eigenvalue weighted by Crippen LogP contribution is 2.35.